The summed E-state index contributed by atoms with van der Waals surface area (Å²) in [6.07, 6.45) is 3.84. The standard InChI is InChI=1S/C29H33FN2O4/c1-3-35-19-7-18-31(28(33)17-13-24-8-5-4-6-9-24)22-29(34)32(21-27-16-10-23(2)36-27)20-25-11-14-26(30)15-12-25/h4-6,8-17H,3,7,18-22H2,1-2H3/b17-13+. The summed E-state index contributed by atoms with van der Waals surface area (Å²) in [7, 11) is 0. The van der Waals surface area contributed by atoms with Crippen LogP contribution in [0.3, 0.4) is 0 Å². The lowest BCUT2D eigenvalue weighted by atomic mass is 10.2. The van der Waals surface area contributed by atoms with E-state index in [-0.39, 0.29) is 37.3 Å². The van der Waals surface area contributed by atoms with Gasteiger partial charge in [-0.15, -0.1) is 0 Å². The molecule has 7 heteroatoms. The molecule has 0 atom stereocenters. The average molecular weight is 493 g/mol. The number of nitrogens with zero attached hydrogens (tertiary/aromatic N) is 2. The third kappa shape index (κ3) is 8.82. The molecule has 0 aliphatic carbocycles. The lowest BCUT2D eigenvalue weighted by molar-refractivity contribution is -0.139. The van der Waals surface area contributed by atoms with Crippen molar-refractivity contribution >= 4 is 17.9 Å². The molecule has 190 valence electrons. The van der Waals surface area contributed by atoms with Crippen molar-refractivity contribution in [3.05, 3.63) is 101 Å². The fourth-order valence-corrected chi connectivity index (χ4v) is 3.67. The van der Waals surface area contributed by atoms with E-state index >= 15 is 0 Å². The van der Waals surface area contributed by atoms with Crippen molar-refractivity contribution in [2.24, 2.45) is 0 Å². The Bertz CT molecular complexity index is 1130. The predicted octanol–water partition coefficient (Wildman–Crippen LogP) is 5.22. The van der Waals surface area contributed by atoms with Crippen LogP contribution in [0.2, 0.25) is 0 Å². The lowest BCUT2D eigenvalue weighted by Gasteiger charge is -2.27. The Morgan fingerprint density at radius 2 is 1.72 bits per heavy atom. The summed E-state index contributed by atoms with van der Waals surface area (Å²) in [6.45, 7) is 5.65. The number of halogens is 1. The summed E-state index contributed by atoms with van der Waals surface area (Å²) in [5.74, 6) is 0.569. The average Bonchev–Trinajstić information content (AvgIpc) is 3.30. The van der Waals surface area contributed by atoms with E-state index < -0.39 is 0 Å². The van der Waals surface area contributed by atoms with E-state index in [4.69, 9.17) is 9.15 Å². The van der Waals surface area contributed by atoms with Crippen molar-refractivity contribution in [1.29, 1.82) is 0 Å². The summed E-state index contributed by atoms with van der Waals surface area (Å²) < 4.78 is 24.5. The van der Waals surface area contributed by atoms with E-state index in [0.717, 1.165) is 16.9 Å². The first-order valence-electron chi connectivity index (χ1n) is 12.1. The second kappa shape index (κ2) is 14.0. The van der Waals surface area contributed by atoms with Gasteiger partial charge in [-0.2, -0.15) is 0 Å². The first-order valence-corrected chi connectivity index (χ1v) is 12.1. The van der Waals surface area contributed by atoms with Crippen LogP contribution in [0.15, 0.2) is 77.2 Å². The van der Waals surface area contributed by atoms with Gasteiger partial charge in [0, 0.05) is 32.4 Å². The topological polar surface area (TPSA) is 63.0 Å². The number of carbonyl (C=O) groups is 2. The highest BCUT2D eigenvalue weighted by Gasteiger charge is 2.21. The molecule has 0 aliphatic heterocycles. The van der Waals surface area contributed by atoms with E-state index in [2.05, 4.69) is 0 Å². The molecule has 3 aromatic rings. The van der Waals surface area contributed by atoms with Crippen molar-refractivity contribution in [3.63, 3.8) is 0 Å². The molecule has 0 unspecified atom stereocenters. The van der Waals surface area contributed by atoms with Crippen molar-refractivity contribution in [2.45, 2.75) is 33.4 Å². The molecule has 0 fully saturated rings. The molecule has 36 heavy (non-hydrogen) atoms. The Hall–Kier alpha value is -3.71. The first kappa shape index (κ1) is 26.9. The number of benzene rings is 2. The fourth-order valence-electron chi connectivity index (χ4n) is 3.67. The number of ether oxygens (including phenoxy) is 1. The molecule has 0 radical (unpaired) electrons. The molecule has 0 saturated heterocycles. The van der Waals surface area contributed by atoms with E-state index in [1.165, 1.54) is 23.1 Å². The first-order chi connectivity index (χ1) is 17.4. The largest absolute Gasteiger partial charge is 0.464 e. The minimum atomic E-state index is -0.338. The molecule has 0 N–H and O–H groups in total. The molecule has 0 bridgehead atoms. The molecule has 3 rings (SSSR count). The Labute approximate surface area is 212 Å². The van der Waals surface area contributed by atoms with Crippen molar-refractivity contribution in [2.75, 3.05) is 26.3 Å². The second-order valence-electron chi connectivity index (χ2n) is 8.44. The van der Waals surface area contributed by atoms with Crippen molar-refractivity contribution in [1.82, 2.24) is 9.80 Å². The van der Waals surface area contributed by atoms with Crippen molar-refractivity contribution < 1.29 is 23.1 Å². The summed E-state index contributed by atoms with van der Waals surface area (Å²) >= 11 is 0. The summed E-state index contributed by atoms with van der Waals surface area (Å²) in [5.41, 5.74) is 1.68. The number of hydrogen-bond donors (Lipinski definition) is 0. The van der Waals surface area contributed by atoms with E-state index in [1.54, 1.807) is 23.1 Å². The molecule has 6 nitrogen and oxygen atoms in total. The minimum absolute atomic E-state index is 0.0923. The quantitative estimate of drug-likeness (QED) is 0.242. The smallest absolute Gasteiger partial charge is 0.247 e. The van der Waals surface area contributed by atoms with Crippen LogP contribution in [-0.4, -0.2) is 47.9 Å². The van der Waals surface area contributed by atoms with Crippen LogP contribution < -0.4 is 0 Å². The monoisotopic (exact) mass is 492 g/mol. The summed E-state index contributed by atoms with van der Waals surface area (Å²) in [6, 6.07) is 19.2. The third-order valence-electron chi connectivity index (χ3n) is 5.56. The highest BCUT2D eigenvalue weighted by molar-refractivity contribution is 5.94. The Morgan fingerprint density at radius 3 is 2.39 bits per heavy atom. The lowest BCUT2D eigenvalue weighted by Crippen LogP contribution is -2.42. The molecule has 0 aliphatic rings. The zero-order valence-corrected chi connectivity index (χ0v) is 20.9. The second-order valence-corrected chi connectivity index (χ2v) is 8.44. The van der Waals surface area contributed by atoms with Gasteiger partial charge in [0.1, 0.15) is 23.9 Å². The number of rotatable bonds is 13. The molecule has 0 saturated carbocycles. The van der Waals surface area contributed by atoms with Gasteiger partial charge >= 0.3 is 0 Å². The van der Waals surface area contributed by atoms with Gasteiger partial charge in [-0.1, -0.05) is 42.5 Å². The fraction of sp³-hybridized carbons (Fsp3) is 0.310. The SMILES string of the molecule is CCOCCCN(CC(=O)N(Cc1ccc(F)cc1)Cc1ccc(C)o1)C(=O)/C=C/c1ccccc1. The van der Waals surface area contributed by atoms with Gasteiger partial charge in [-0.25, -0.2) is 4.39 Å². The van der Waals surface area contributed by atoms with Gasteiger partial charge in [-0.05, 0) is 61.7 Å². The Kier molecular flexibility index (Phi) is 10.5. The zero-order chi connectivity index (χ0) is 25.8. The number of aryl methyl sites for hydroxylation is 1. The number of carbonyl (C=O) groups excluding carboxylic acids is 2. The van der Waals surface area contributed by atoms with E-state index in [0.29, 0.717) is 31.9 Å². The van der Waals surface area contributed by atoms with E-state index in [1.807, 2.05) is 56.3 Å². The van der Waals surface area contributed by atoms with Crippen molar-refractivity contribution in [3.8, 4) is 0 Å². The van der Waals surface area contributed by atoms with Gasteiger partial charge in [0.05, 0.1) is 6.54 Å². The molecular formula is C29H33FN2O4. The normalized spacial score (nSPS) is 11.1. The van der Waals surface area contributed by atoms with Crippen LogP contribution in [0.4, 0.5) is 4.39 Å². The van der Waals surface area contributed by atoms with Crippen LogP contribution in [0.5, 0.6) is 0 Å². The maximum absolute atomic E-state index is 13.5. The van der Waals surface area contributed by atoms with Gasteiger partial charge in [0.15, 0.2) is 0 Å². The number of furan rings is 1. The maximum Gasteiger partial charge on any atom is 0.247 e. The zero-order valence-electron chi connectivity index (χ0n) is 20.9. The predicted molar refractivity (Wildman–Crippen MR) is 137 cm³/mol. The summed E-state index contributed by atoms with van der Waals surface area (Å²) in [5, 5.41) is 0. The molecule has 1 aromatic heterocycles. The van der Waals surface area contributed by atoms with Crippen LogP contribution in [0.1, 0.15) is 36.0 Å². The van der Waals surface area contributed by atoms with Gasteiger partial charge in [0.25, 0.3) is 0 Å². The van der Waals surface area contributed by atoms with Gasteiger partial charge < -0.3 is 19.0 Å². The van der Waals surface area contributed by atoms with Crippen LogP contribution in [0, 0.1) is 12.7 Å². The molecule has 1 heterocycles. The van der Waals surface area contributed by atoms with Gasteiger partial charge in [0.2, 0.25) is 11.8 Å². The highest BCUT2D eigenvalue weighted by atomic mass is 19.1. The molecule has 2 aromatic carbocycles. The van der Waals surface area contributed by atoms with Gasteiger partial charge in [-0.3, -0.25) is 9.59 Å². The molecule has 0 spiro atoms. The Balaban J connectivity index is 1.75. The third-order valence-corrected chi connectivity index (χ3v) is 5.56. The van der Waals surface area contributed by atoms with Crippen LogP contribution in [0.25, 0.3) is 6.08 Å². The van der Waals surface area contributed by atoms with E-state index in [9.17, 15) is 14.0 Å². The minimum Gasteiger partial charge on any atom is -0.464 e. The maximum atomic E-state index is 13.5. The number of hydrogen-bond acceptors (Lipinski definition) is 4. The highest BCUT2D eigenvalue weighted by Crippen LogP contribution is 2.15. The van der Waals surface area contributed by atoms with Crippen LogP contribution in [-0.2, 0) is 27.4 Å². The van der Waals surface area contributed by atoms with Crippen LogP contribution >= 0.6 is 0 Å². The molecular weight excluding hydrogens is 459 g/mol. The Morgan fingerprint density at radius 1 is 0.972 bits per heavy atom. The molecule has 2 amide bonds. The summed E-state index contributed by atoms with van der Waals surface area (Å²) in [4.78, 5) is 29.7. The number of amides is 2.